The topological polar surface area (TPSA) is 38.3 Å². The van der Waals surface area contributed by atoms with Crippen LogP contribution in [0.3, 0.4) is 0 Å². The molecule has 1 N–H and O–H groups in total. The van der Waals surface area contributed by atoms with Gasteiger partial charge in [-0.25, -0.2) is 4.79 Å². The van der Waals surface area contributed by atoms with Crippen molar-refractivity contribution in [2.45, 2.75) is 51.5 Å². The van der Waals surface area contributed by atoms with Gasteiger partial charge in [0.25, 0.3) is 0 Å². The van der Waals surface area contributed by atoms with Crippen molar-refractivity contribution >= 4 is 17.7 Å². The molecule has 0 saturated carbocycles. The second kappa shape index (κ2) is 8.15. The number of unbranched alkanes of at least 4 members (excludes halogenated alkanes) is 1. The first-order valence-corrected chi connectivity index (χ1v) is 7.55. The van der Waals surface area contributed by atoms with Crippen molar-refractivity contribution in [3.63, 3.8) is 0 Å². The van der Waals surface area contributed by atoms with Gasteiger partial charge in [-0.1, -0.05) is 24.3 Å². The lowest BCUT2D eigenvalue weighted by molar-refractivity contribution is 0.0527. The summed E-state index contributed by atoms with van der Waals surface area (Å²) in [7, 11) is 0. The van der Waals surface area contributed by atoms with Crippen molar-refractivity contribution in [2.75, 3.05) is 6.54 Å². The highest BCUT2D eigenvalue weighted by atomic mass is 35.5. The zero-order chi connectivity index (χ0) is 15.0. The van der Waals surface area contributed by atoms with E-state index in [4.69, 9.17) is 16.3 Å². The average Bonchev–Trinajstić information content (AvgIpc) is 2.37. The van der Waals surface area contributed by atoms with Crippen molar-refractivity contribution < 1.29 is 9.53 Å². The summed E-state index contributed by atoms with van der Waals surface area (Å²) >= 11 is 5.75. The lowest BCUT2D eigenvalue weighted by Crippen LogP contribution is -2.33. The predicted molar refractivity (Wildman–Crippen MR) is 83.2 cm³/mol. The number of carbonyl (C=O) groups excluding carboxylic acids is 1. The molecular formula is C16H24ClNO2. The van der Waals surface area contributed by atoms with Gasteiger partial charge < -0.3 is 10.1 Å². The summed E-state index contributed by atoms with van der Waals surface area (Å²) in [6.07, 6.45) is 2.65. The van der Waals surface area contributed by atoms with Crippen LogP contribution in [0.2, 0.25) is 0 Å². The Balaban J connectivity index is 2.14. The zero-order valence-electron chi connectivity index (χ0n) is 12.5. The van der Waals surface area contributed by atoms with Gasteiger partial charge in [-0.15, -0.1) is 11.6 Å². The Morgan fingerprint density at radius 3 is 2.30 bits per heavy atom. The van der Waals surface area contributed by atoms with Gasteiger partial charge >= 0.3 is 6.09 Å². The number of aryl methyl sites for hydroxylation is 1. The van der Waals surface area contributed by atoms with Crippen molar-refractivity contribution in [2.24, 2.45) is 0 Å². The highest BCUT2D eigenvalue weighted by Crippen LogP contribution is 2.10. The molecule has 0 saturated heterocycles. The standard InChI is InChI=1S/C16H24ClNO2/c1-16(2,3)20-15(19)18-11-5-4-6-13-7-9-14(12-17)10-8-13/h7-10H,4-6,11-12H2,1-3H3,(H,18,19). The third-order valence-electron chi connectivity index (χ3n) is 2.74. The fourth-order valence-corrected chi connectivity index (χ4v) is 1.93. The minimum Gasteiger partial charge on any atom is -0.444 e. The average molecular weight is 298 g/mol. The Kier molecular flexibility index (Phi) is 6.86. The number of benzene rings is 1. The second-order valence-corrected chi connectivity index (χ2v) is 6.10. The maximum atomic E-state index is 11.4. The quantitative estimate of drug-likeness (QED) is 0.629. The van der Waals surface area contributed by atoms with E-state index < -0.39 is 5.60 Å². The largest absolute Gasteiger partial charge is 0.444 e. The molecule has 0 fully saturated rings. The fraction of sp³-hybridized carbons (Fsp3) is 0.562. The lowest BCUT2D eigenvalue weighted by Gasteiger charge is -2.19. The number of amides is 1. The van der Waals surface area contributed by atoms with Crippen LogP contribution < -0.4 is 5.32 Å². The SMILES string of the molecule is CC(C)(C)OC(=O)NCCCCc1ccc(CCl)cc1. The monoisotopic (exact) mass is 297 g/mol. The number of carbonyl (C=O) groups is 1. The van der Waals surface area contributed by atoms with Gasteiger partial charge in [0.15, 0.2) is 0 Å². The van der Waals surface area contributed by atoms with Crippen LogP contribution in [-0.2, 0) is 17.0 Å². The molecule has 0 spiro atoms. The van der Waals surface area contributed by atoms with Gasteiger partial charge in [0.1, 0.15) is 5.60 Å². The molecule has 0 heterocycles. The summed E-state index contributed by atoms with van der Waals surface area (Å²) < 4.78 is 5.17. The highest BCUT2D eigenvalue weighted by Gasteiger charge is 2.15. The molecule has 1 aromatic carbocycles. The van der Waals surface area contributed by atoms with Crippen LogP contribution >= 0.6 is 11.6 Å². The van der Waals surface area contributed by atoms with Crippen molar-refractivity contribution in [1.82, 2.24) is 5.32 Å². The minimum atomic E-state index is -0.436. The molecule has 20 heavy (non-hydrogen) atoms. The summed E-state index contributed by atoms with van der Waals surface area (Å²) in [6, 6.07) is 8.33. The Morgan fingerprint density at radius 1 is 1.15 bits per heavy atom. The number of hydrogen-bond acceptors (Lipinski definition) is 2. The van der Waals surface area contributed by atoms with Crippen molar-refractivity contribution in [1.29, 1.82) is 0 Å². The van der Waals surface area contributed by atoms with Crippen LogP contribution in [0.25, 0.3) is 0 Å². The van der Waals surface area contributed by atoms with Gasteiger partial charge in [0.05, 0.1) is 0 Å². The zero-order valence-corrected chi connectivity index (χ0v) is 13.3. The summed E-state index contributed by atoms with van der Waals surface area (Å²) in [5.74, 6) is 0.556. The van der Waals surface area contributed by atoms with Gasteiger partial charge in [0.2, 0.25) is 0 Å². The van der Waals surface area contributed by atoms with Gasteiger partial charge in [-0.2, -0.15) is 0 Å². The van der Waals surface area contributed by atoms with Crippen molar-refractivity contribution in [3.05, 3.63) is 35.4 Å². The van der Waals surface area contributed by atoms with Gasteiger partial charge in [-0.3, -0.25) is 0 Å². The molecule has 1 aromatic rings. The maximum Gasteiger partial charge on any atom is 0.407 e. The number of hydrogen-bond donors (Lipinski definition) is 1. The van der Waals surface area contributed by atoms with Crippen LogP contribution in [0.1, 0.15) is 44.7 Å². The molecule has 0 bridgehead atoms. The second-order valence-electron chi connectivity index (χ2n) is 5.84. The molecule has 0 aliphatic carbocycles. The van der Waals surface area contributed by atoms with E-state index in [1.165, 1.54) is 5.56 Å². The third-order valence-corrected chi connectivity index (χ3v) is 3.05. The van der Waals surface area contributed by atoms with Gasteiger partial charge in [-0.05, 0) is 51.2 Å². The van der Waals surface area contributed by atoms with E-state index in [-0.39, 0.29) is 6.09 Å². The molecule has 4 heteroatoms. The molecule has 112 valence electrons. The molecule has 3 nitrogen and oxygen atoms in total. The molecule has 0 unspecified atom stereocenters. The first-order valence-electron chi connectivity index (χ1n) is 7.01. The summed E-state index contributed by atoms with van der Waals surface area (Å²) in [5, 5.41) is 2.77. The fourth-order valence-electron chi connectivity index (χ4n) is 1.75. The summed E-state index contributed by atoms with van der Waals surface area (Å²) in [5.41, 5.74) is 2.01. The van der Waals surface area contributed by atoms with E-state index in [1.807, 2.05) is 20.8 Å². The summed E-state index contributed by atoms with van der Waals surface area (Å²) in [4.78, 5) is 11.4. The van der Waals surface area contributed by atoms with Crippen LogP contribution in [-0.4, -0.2) is 18.2 Å². The first kappa shape index (κ1) is 16.8. The third kappa shape index (κ3) is 7.39. The predicted octanol–water partition coefficient (Wildman–Crippen LogP) is 4.27. The molecule has 0 aliphatic rings. The molecule has 1 rings (SSSR count). The lowest BCUT2D eigenvalue weighted by atomic mass is 10.1. The number of nitrogens with one attached hydrogen (secondary N) is 1. The normalized spacial score (nSPS) is 11.2. The Labute approximate surface area is 126 Å². The molecule has 1 amide bonds. The minimum absolute atomic E-state index is 0.344. The Morgan fingerprint density at radius 2 is 1.75 bits per heavy atom. The van der Waals surface area contributed by atoms with Crippen LogP contribution in [0.5, 0.6) is 0 Å². The molecule has 0 radical (unpaired) electrons. The first-order chi connectivity index (χ1) is 9.40. The number of alkyl halides is 1. The Hall–Kier alpha value is -1.22. The smallest absolute Gasteiger partial charge is 0.407 e. The van der Waals surface area contributed by atoms with Gasteiger partial charge in [0, 0.05) is 12.4 Å². The van der Waals surface area contributed by atoms with E-state index in [9.17, 15) is 4.79 Å². The molecule has 0 aliphatic heterocycles. The maximum absolute atomic E-state index is 11.4. The molecular weight excluding hydrogens is 274 g/mol. The molecule has 0 atom stereocenters. The molecule has 0 aromatic heterocycles. The number of alkyl carbamates (subject to hydrolysis) is 1. The van der Waals surface area contributed by atoms with E-state index in [1.54, 1.807) is 0 Å². The Bertz CT molecular complexity index is 409. The van der Waals surface area contributed by atoms with Crippen LogP contribution in [0.4, 0.5) is 4.79 Å². The highest BCUT2D eigenvalue weighted by molar-refractivity contribution is 6.17. The number of halogens is 1. The van der Waals surface area contributed by atoms with E-state index >= 15 is 0 Å². The van der Waals surface area contributed by atoms with Crippen molar-refractivity contribution in [3.8, 4) is 0 Å². The van der Waals surface area contributed by atoms with E-state index in [2.05, 4.69) is 29.6 Å². The van der Waals surface area contributed by atoms with E-state index in [0.717, 1.165) is 24.8 Å². The van der Waals surface area contributed by atoms with Crippen LogP contribution in [0, 0.1) is 0 Å². The summed E-state index contributed by atoms with van der Waals surface area (Å²) in [6.45, 7) is 6.22. The number of rotatable bonds is 6. The van der Waals surface area contributed by atoms with Crippen LogP contribution in [0.15, 0.2) is 24.3 Å². The van der Waals surface area contributed by atoms with E-state index in [0.29, 0.717) is 12.4 Å². The number of ether oxygens (including phenoxy) is 1.